The summed E-state index contributed by atoms with van der Waals surface area (Å²) in [5.41, 5.74) is 0. The molecule has 1 heterocycles. The van der Waals surface area contributed by atoms with E-state index in [4.69, 9.17) is 0 Å². The van der Waals surface area contributed by atoms with E-state index in [1.807, 2.05) is 6.08 Å². The molecule has 0 aromatic heterocycles. The van der Waals surface area contributed by atoms with Gasteiger partial charge in [-0.15, -0.1) is 6.58 Å². The normalized spacial score (nSPS) is 28.7. The van der Waals surface area contributed by atoms with Gasteiger partial charge in [0.1, 0.15) is 0 Å². The Bertz CT molecular complexity index is 169. The summed E-state index contributed by atoms with van der Waals surface area (Å²) < 4.78 is 0. The van der Waals surface area contributed by atoms with Gasteiger partial charge in [0, 0.05) is 19.1 Å². The lowest BCUT2D eigenvalue weighted by molar-refractivity contribution is 0.145. The fourth-order valence-corrected chi connectivity index (χ4v) is 1.96. The number of allylic oxidation sites excluding steroid dienone is 1. The number of hydrogen-bond donors (Lipinski definition) is 1. The van der Waals surface area contributed by atoms with Crippen LogP contribution in [-0.2, 0) is 0 Å². The average molecular weight is 183 g/mol. The van der Waals surface area contributed by atoms with Gasteiger partial charge in [0.2, 0.25) is 0 Å². The highest BCUT2D eigenvalue weighted by Gasteiger charge is 2.26. The molecular formula is C11H21NO. The van der Waals surface area contributed by atoms with Crippen LogP contribution in [0.5, 0.6) is 0 Å². The first-order chi connectivity index (χ1) is 6.15. The summed E-state index contributed by atoms with van der Waals surface area (Å²) in [7, 11) is 0. The second-order valence-corrected chi connectivity index (χ2v) is 4.18. The highest BCUT2D eigenvalue weighted by molar-refractivity contribution is 4.84. The molecule has 76 valence electrons. The van der Waals surface area contributed by atoms with E-state index in [2.05, 4.69) is 25.3 Å². The summed E-state index contributed by atoms with van der Waals surface area (Å²) in [5.74, 6) is 0.641. The van der Waals surface area contributed by atoms with Crippen molar-refractivity contribution < 1.29 is 5.11 Å². The molecule has 2 nitrogen and oxygen atoms in total. The third kappa shape index (κ3) is 2.82. The van der Waals surface area contributed by atoms with E-state index < -0.39 is 0 Å². The number of aliphatic hydroxyl groups is 1. The minimum Gasteiger partial charge on any atom is -0.392 e. The van der Waals surface area contributed by atoms with Crippen LogP contribution in [0.2, 0.25) is 0 Å². The standard InChI is InChI=1S/C11H21NO/c1-4-5-9(2)10(3)12-7-6-11(13)8-12/h4,9-11,13H,1,5-8H2,2-3H3/t9?,10?,11-/m0/s1. The predicted octanol–water partition coefficient (Wildman–Crippen LogP) is 1.65. The van der Waals surface area contributed by atoms with Crippen molar-refractivity contribution >= 4 is 0 Å². The van der Waals surface area contributed by atoms with Crippen LogP contribution >= 0.6 is 0 Å². The molecule has 2 heteroatoms. The molecule has 0 aromatic carbocycles. The number of rotatable bonds is 4. The molecule has 0 bridgehead atoms. The first kappa shape index (κ1) is 10.7. The van der Waals surface area contributed by atoms with Crippen LogP contribution in [0.25, 0.3) is 0 Å². The predicted molar refractivity (Wildman–Crippen MR) is 55.6 cm³/mol. The molecule has 13 heavy (non-hydrogen) atoms. The number of likely N-dealkylation sites (tertiary alicyclic amines) is 1. The Morgan fingerprint density at radius 2 is 2.31 bits per heavy atom. The fraction of sp³-hybridized carbons (Fsp3) is 0.818. The first-order valence-electron chi connectivity index (χ1n) is 5.18. The minimum absolute atomic E-state index is 0.0987. The topological polar surface area (TPSA) is 23.5 Å². The SMILES string of the molecule is C=CCC(C)C(C)N1CC[C@H](O)C1. The van der Waals surface area contributed by atoms with E-state index in [-0.39, 0.29) is 6.10 Å². The zero-order valence-corrected chi connectivity index (χ0v) is 8.74. The van der Waals surface area contributed by atoms with E-state index in [1.165, 1.54) is 0 Å². The van der Waals surface area contributed by atoms with Gasteiger partial charge < -0.3 is 5.11 Å². The van der Waals surface area contributed by atoms with Crippen molar-refractivity contribution in [1.82, 2.24) is 4.90 Å². The quantitative estimate of drug-likeness (QED) is 0.670. The molecular weight excluding hydrogens is 162 g/mol. The second kappa shape index (κ2) is 4.77. The summed E-state index contributed by atoms with van der Waals surface area (Å²) in [5, 5.41) is 9.40. The lowest BCUT2D eigenvalue weighted by Crippen LogP contribution is -2.36. The number of nitrogens with zero attached hydrogens (tertiary/aromatic N) is 1. The van der Waals surface area contributed by atoms with Crippen molar-refractivity contribution in [3.05, 3.63) is 12.7 Å². The minimum atomic E-state index is -0.0987. The van der Waals surface area contributed by atoms with E-state index in [0.717, 1.165) is 25.9 Å². The molecule has 1 fully saturated rings. The molecule has 3 atom stereocenters. The van der Waals surface area contributed by atoms with Crippen LogP contribution < -0.4 is 0 Å². The lowest BCUT2D eigenvalue weighted by atomic mass is 9.99. The third-order valence-corrected chi connectivity index (χ3v) is 3.13. The lowest BCUT2D eigenvalue weighted by Gasteiger charge is -2.28. The van der Waals surface area contributed by atoms with E-state index in [1.54, 1.807) is 0 Å². The number of hydrogen-bond acceptors (Lipinski definition) is 2. The molecule has 0 spiro atoms. The van der Waals surface area contributed by atoms with E-state index >= 15 is 0 Å². The maximum Gasteiger partial charge on any atom is 0.0679 e. The van der Waals surface area contributed by atoms with Gasteiger partial charge in [0.15, 0.2) is 0 Å². The van der Waals surface area contributed by atoms with Crippen molar-refractivity contribution in [2.24, 2.45) is 5.92 Å². The summed E-state index contributed by atoms with van der Waals surface area (Å²) in [4.78, 5) is 2.37. The maximum absolute atomic E-state index is 9.40. The molecule has 0 aliphatic carbocycles. The van der Waals surface area contributed by atoms with Crippen molar-refractivity contribution in [2.45, 2.75) is 38.8 Å². The largest absolute Gasteiger partial charge is 0.392 e. The molecule has 0 saturated carbocycles. The van der Waals surface area contributed by atoms with Gasteiger partial charge in [0.25, 0.3) is 0 Å². The Morgan fingerprint density at radius 1 is 1.62 bits per heavy atom. The van der Waals surface area contributed by atoms with Crippen molar-refractivity contribution in [1.29, 1.82) is 0 Å². The Hall–Kier alpha value is -0.340. The Balaban J connectivity index is 2.37. The van der Waals surface area contributed by atoms with Gasteiger partial charge >= 0.3 is 0 Å². The van der Waals surface area contributed by atoms with Crippen LogP contribution in [0.1, 0.15) is 26.7 Å². The van der Waals surface area contributed by atoms with Gasteiger partial charge in [-0.2, -0.15) is 0 Å². The van der Waals surface area contributed by atoms with Gasteiger partial charge in [0.05, 0.1) is 6.10 Å². The van der Waals surface area contributed by atoms with Crippen LogP contribution in [0.15, 0.2) is 12.7 Å². The molecule has 1 N–H and O–H groups in total. The Kier molecular flexibility index (Phi) is 3.94. The third-order valence-electron chi connectivity index (χ3n) is 3.13. The molecule has 0 aromatic rings. The summed E-state index contributed by atoms with van der Waals surface area (Å²) in [6.45, 7) is 10.1. The van der Waals surface area contributed by atoms with Gasteiger partial charge in [-0.25, -0.2) is 0 Å². The maximum atomic E-state index is 9.40. The van der Waals surface area contributed by atoms with Gasteiger partial charge in [-0.3, -0.25) is 4.90 Å². The second-order valence-electron chi connectivity index (χ2n) is 4.18. The average Bonchev–Trinajstić information content (AvgIpc) is 2.51. The van der Waals surface area contributed by atoms with Gasteiger partial charge in [-0.1, -0.05) is 13.0 Å². The smallest absolute Gasteiger partial charge is 0.0679 e. The van der Waals surface area contributed by atoms with Crippen LogP contribution in [0.4, 0.5) is 0 Å². The monoisotopic (exact) mass is 183 g/mol. The fourth-order valence-electron chi connectivity index (χ4n) is 1.96. The van der Waals surface area contributed by atoms with E-state index in [0.29, 0.717) is 12.0 Å². The van der Waals surface area contributed by atoms with Crippen LogP contribution in [-0.4, -0.2) is 35.2 Å². The zero-order chi connectivity index (χ0) is 9.84. The highest BCUT2D eigenvalue weighted by Crippen LogP contribution is 2.19. The molecule has 0 radical (unpaired) electrons. The van der Waals surface area contributed by atoms with Crippen molar-refractivity contribution in [2.75, 3.05) is 13.1 Å². The highest BCUT2D eigenvalue weighted by atomic mass is 16.3. The summed E-state index contributed by atoms with van der Waals surface area (Å²) in [6, 6.07) is 0.565. The summed E-state index contributed by atoms with van der Waals surface area (Å²) in [6.07, 6.45) is 3.88. The Morgan fingerprint density at radius 3 is 2.77 bits per heavy atom. The van der Waals surface area contributed by atoms with E-state index in [9.17, 15) is 5.11 Å². The molecule has 2 unspecified atom stereocenters. The Labute approximate surface area is 81.2 Å². The zero-order valence-electron chi connectivity index (χ0n) is 8.74. The number of β-amino-alcohol motifs (C(OH)–C–C–N with tert-alkyl or cyclic N) is 1. The van der Waals surface area contributed by atoms with Crippen LogP contribution in [0, 0.1) is 5.92 Å². The summed E-state index contributed by atoms with van der Waals surface area (Å²) >= 11 is 0. The molecule has 0 amide bonds. The van der Waals surface area contributed by atoms with Crippen molar-refractivity contribution in [3.63, 3.8) is 0 Å². The molecule has 1 aliphatic rings. The molecule has 1 saturated heterocycles. The molecule has 1 rings (SSSR count). The molecule has 1 aliphatic heterocycles. The first-order valence-corrected chi connectivity index (χ1v) is 5.18. The van der Waals surface area contributed by atoms with Crippen LogP contribution in [0.3, 0.4) is 0 Å². The van der Waals surface area contributed by atoms with Gasteiger partial charge in [-0.05, 0) is 25.7 Å². The number of aliphatic hydroxyl groups excluding tert-OH is 1. The van der Waals surface area contributed by atoms with Crippen molar-refractivity contribution in [3.8, 4) is 0 Å².